The minimum absolute atomic E-state index is 0.606. The standard InChI is InChI=1S/C11H19N3O/c1-8(2)5-6-12-11-13-9(3)7-10(14-11)15-4/h7-8H,5-6H2,1-4H3,(H,12,13,14). The first-order valence-electron chi connectivity index (χ1n) is 5.25. The number of nitrogens with zero attached hydrogens (tertiary/aromatic N) is 2. The van der Waals surface area contributed by atoms with Gasteiger partial charge in [0, 0.05) is 18.3 Å². The molecule has 0 bridgehead atoms. The summed E-state index contributed by atoms with van der Waals surface area (Å²) < 4.78 is 5.07. The quantitative estimate of drug-likeness (QED) is 0.808. The van der Waals surface area contributed by atoms with Gasteiger partial charge in [0.05, 0.1) is 7.11 Å². The number of methoxy groups -OCH3 is 1. The zero-order chi connectivity index (χ0) is 11.3. The summed E-state index contributed by atoms with van der Waals surface area (Å²) in [5.74, 6) is 1.94. The highest BCUT2D eigenvalue weighted by Gasteiger charge is 2.01. The van der Waals surface area contributed by atoms with E-state index in [1.54, 1.807) is 7.11 Å². The molecule has 0 atom stereocenters. The first-order chi connectivity index (χ1) is 7.11. The molecule has 15 heavy (non-hydrogen) atoms. The molecule has 0 fully saturated rings. The van der Waals surface area contributed by atoms with Gasteiger partial charge >= 0.3 is 0 Å². The van der Waals surface area contributed by atoms with Crippen molar-refractivity contribution in [3.8, 4) is 5.88 Å². The van der Waals surface area contributed by atoms with Crippen LogP contribution in [0.25, 0.3) is 0 Å². The lowest BCUT2D eigenvalue weighted by molar-refractivity contribution is 0.397. The van der Waals surface area contributed by atoms with Gasteiger partial charge < -0.3 is 10.1 Å². The van der Waals surface area contributed by atoms with E-state index in [1.807, 2.05) is 13.0 Å². The summed E-state index contributed by atoms with van der Waals surface area (Å²) >= 11 is 0. The second-order valence-electron chi connectivity index (χ2n) is 3.98. The molecule has 4 heteroatoms. The Bertz CT molecular complexity index is 313. The van der Waals surface area contributed by atoms with Gasteiger partial charge in [-0.3, -0.25) is 0 Å². The number of ether oxygens (including phenoxy) is 1. The third-order valence-corrected chi connectivity index (χ3v) is 2.04. The van der Waals surface area contributed by atoms with Crippen molar-refractivity contribution in [3.05, 3.63) is 11.8 Å². The Kier molecular flexibility index (Phi) is 4.34. The van der Waals surface area contributed by atoms with E-state index in [2.05, 4.69) is 29.1 Å². The molecule has 4 nitrogen and oxygen atoms in total. The Balaban J connectivity index is 2.56. The summed E-state index contributed by atoms with van der Waals surface area (Å²) in [6, 6.07) is 1.81. The summed E-state index contributed by atoms with van der Waals surface area (Å²) in [4.78, 5) is 8.48. The van der Waals surface area contributed by atoms with E-state index in [1.165, 1.54) is 0 Å². The highest BCUT2D eigenvalue weighted by atomic mass is 16.5. The third kappa shape index (κ3) is 4.14. The smallest absolute Gasteiger partial charge is 0.226 e. The number of anilines is 1. The van der Waals surface area contributed by atoms with Crippen LogP contribution in [0.2, 0.25) is 0 Å². The van der Waals surface area contributed by atoms with Crippen LogP contribution in [0, 0.1) is 12.8 Å². The lowest BCUT2D eigenvalue weighted by Gasteiger charge is -2.08. The molecular weight excluding hydrogens is 190 g/mol. The van der Waals surface area contributed by atoms with E-state index < -0.39 is 0 Å². The van der Waals surface area contributed by atoms with Crippen LogP contribution in [0.3, 0.4) is 0 Å². The highest BCUT2D eigenvalue weighted by molar-refractivity contribution is 5.30. The SMILES string of the molecule is COc1cc(C)nc(NCCC(C)C)n1. The molecule has 0 amide bonds. The normalized spacial score (nSPS) is 10.5. The van der Waals surface area contributed by atoms with Gasteiger partial charge in [-0.15, -0.1) is 0 Å². The molecule has 1 rings (SSSR count). The van der Waals surface area contributed by atoms with Crippen molar-refractivity contribution >= 4 is 5.95 Å². The molecule has 0 aliphatic carbocycles. The molecular formula is C11H19N3O. The van der Waals surface area contributed by atoms with Crippen LogP contribution < -0.4 is 10.1 Å². The molecule has 1 heterocycles. The van der Waals surface area contributed by atoms with Gasteiger partial charge in [-0.1, -0.05) is 13.8 Å². The minimum atomic E-state index is 0.606. The maximum atomic E-state index is 5.07. The van der Waals surface area contributed by atoms with E-state index >= 15 is 0 Å². The summed E-state index contributed by atoms with van der Waals surface area (Å²) in [6.45, 7) is 7.21. The van der Waals surface area contributed by atoms with Crippen molar-refractivity contribution in [2.75, 3.05) is 19.0 Å². The topological polar surface area (TPSA) is 47.0 Å². The Morgan fingerprint density at radius 2 is 2.13 bits per heavy atom. The van der Waals surface area contributed by atoms with Gasteiger partial charge in [0.25, 0.3) is 0 Å². The van der Waals surface area contributed by atoms with E-state index in [9.17, 15) is 0 Å². The van der Waals surface area contributed by atoms with Crippen molar-refractivity contribution in [2.45, 2.75) is 27.2 Å². The molecule has 0 spiro atoms. The van der Waals surface area contributed by atoms with Crippen molar-refractivity contribution in [1.82, 2.24) is 9.97 Å². The average Bonchev–Trinajstić information content (AvgIpc) is 2.16. The Hall–Kier alpha value is -1.32. The van der Waals surface area contributed by atoms with Crippen molar-refractivity contribution in [1.29, 1.82) is 0 Å². The van der Waals surface area contributed by atoms with Crippen LogP contribution in [-0.4, -0.2) is 23.6 Å². The van der Waals surface area contributed by atoms with Crippen molar-refractivity contribution < 1.29 is 4.74 Å². The number of hydrogen-bond acceptors (Lipinski definition) is 4. The number of rotatable bonds is 5. The Morgan fingerprint density at radius 3 is 2.73 bits per heavy atom. The third-order valence-electron chi connectivity index (χ3n) is 2.04. The predicted octanol–water partition coefficient (Wildman–Crippen LogP) is 2.25. The van der Waals surface area contributed by atoms with Crippen LogP contribution in [0.5, 0.6) is 5.88 Å². The number of nitrogens with one attached hydrogen (secondary N) is 1. The molecule has 0 aliphatic rings. The maximum Gasteiger partial charge on any atom is 0.226 e. The van der Waals surface area contributed by atoms with Gasteiger partial charge in [-0.05, 0) is 19.3 Å². The average molecular weight is 209 g/mol. The van der Waals surface area contributed by atoms with Crippen LogP contribution in [0.4, 0.5) is 5.95 Å². The number of hydrogen-bond donors (Lipinski definition) is 1. The van der Waals surface area contributed by atoms with Gasteiger partial charge in [-0.25, -0.2) is 4.98 Å². The minimum Gasteiger partial charge on any atom is -0.481 e. The summed E-state index contributed by atoms with van der Waals surface area (Å²) in [5, 5.41) is 3.19. The molecule has 0 aromatic carbocycles. The molecule has 0 saturated heterocycles. The van der Waals surface area contributed by atoms with Crippen LogP contribution in [0.15, 0.2) is 6.07 Å². The first-order valence-corrected chi connectivity index (χ1v) is 5.25. The number of aromatic nitrogens is 2. The van der Waals surface area contributed by atoms with E-state index in [-0.39, 0.29) is 0 Å². The van der Waals surface area contributed by atoms with Gasteiger partial charge in [-0.2, -0.15) is 4.98 Å². The zero-order valence-electron chi connectivity index (χ0n) is 9.87. The lowest BCUT2D eigenvalue weighted by Crippen LogP contribution is -2.08. The van der Waals surface area contributed by atoms with Crippen molar-refractivity contribution in [2.24, 2.45) is 5.92 Å². The van der Waals surface area contributed by atoms with Crippen LogP contribution in [0.1, 0.15) is 26.0 Å². The van der Waals surface area contributed by atoms with E-state index in [4.69, 9.17) is 4.74 Å². The Labute approximate surface area is 91.1 Å². The summed E-state index contributed by atoms with van der Waals surface area (Å²) in [6.07, 6.45) is 1.11. The fourth-order valence-corrected chi connectivity index (χ4v) is 1.20. The molecule has 0 radical (unpaired) electrons. The molecule has 0 unspecified atom stereocenters. The summed E-state index contributed by atoms with van der Waals surface area (Å²) in [5.41, 5.74) is 0.911. The van der Waals surface area contributed by atoms with Crippen LogP contribution >= 0.6 is 0 Å². The maximum absolute atomic E-state index is 5.07. The van der Waals surface area contributed by atoms with Gasteiger partial charge in [0.2, 0.25) is 11.8 Å². The molecule has 1 aromatic rings. The van der Waals surface area contributed by atoms with E-state index in [0.29, 0.717) is 17.7 Å². The fourth-order valence-electron chi connectivity index (χ4n) is 1.20. The highest BCUT2D eigenvalue weighted by Crippen LogP contribution is 2.11. The molecule has 0 aliphatic heterocycles. The molecule has 1 N–H and O–H groups in total. The van der Waals surface area contributed by atoms with Crippen LogP contribution in [-0.2, 0) is 0 Å². The first kappa shape index (κ1) is 11.8. The lowest BCUT2D eigenvalue weighted by atomic mass is 10.1. The second-order valence-corrected chi connectivity index (χ2v) is 3.98. The van der Waals surface area contributed by atoms with E-state index in [0.717, 1.165) is 18.7 Å². The van der Waals surface area contributed by atoms with Gasteiger partial charge in [0.15, 0.2) is 0 Å². The summed E-state index contributed by atoms with van der Waals surface area (Å²) in [7, 11) is 1.61. The Morgan fingerprint density at radius 1 is 1.40 bits per heavy atom. The molecule has 0 saturated carbocycles. The monoisotopic (exact) mass is 209 g/mol. The molecule has 84 valence electrons. The number of aryl methyl sites for hydroxylation is 1. The predicted molar refractivity (Wildman–Crippen MR) is 61.3 cm³/mol. The largest absolute Gasteiger partial charge is 0.481 e. The van der Waals surface area contributed by atoms with Gasteiger partial charge in [0.1, 0.15) is 0 Å². The van der Waals surface area contributed by atoms with Crippen molar-refractivity contribution in [3.63, 3.8) is 0 Å². The molecule has 1 aromatic heterocycles. The second kappa shape index (κ2) is 5.53. The zero-order valence-corrected chi connectivity index (χ0v) is 9.87. The fraction of sp³-hybridized carbons (Fsp3) is 0.636.